The number of hydrogen-bond donors (Lipinski definition) is 1. The van der Waals surface area contributed by atoms with Gasteiger partial charge < -0.3 is 0 Å². The number of sulfonamides is 1. The molecule has 4 nitrogen and oxygen atoms in total. The van der Waals surface area contributed by atoms with Gasteiger partial charge in [-0.1, -0.05) is 48.0 Å². The van der Waals surface area contributed by atoms with E-state index in [1.807, 2.05) is 18.2 Å². The van der Waals surface area contributed by atoms with Crippen molar-refractivity contribution >= 4 is 38.3 Å². The average Bonchev–Trinajstić information content (AvgIpc) is 2.54. The first-order valence-electron chi connectivity index (χ1n) is 6.78. The summed E-state index contributed by atoms with van der Waals surface area (Å²) in [6.45, 7) is 0. The fraction of sp³-hybridized carbons (Fsp3) is 0. The van der Waals surface area contributed by atoms with E-state index in [1.54, 1.807) is 24.3 Å². The van der Waals surface area contributed by atoms with Crippen LogP contribution in [-0.2, 0) is 10.0 Å². The lowest BCUT2D eigenvalue weighted by Gasteiger charge is -2.09. The zero-order valence-electron chi connectivity index (χ0n) is 11.9. The molecule has 0 bridgehead atoms. The van der Waals surface area contributed by atoms with Gasteiger partial charge >= 0.3 is 0 Å². The van der Waals surface area contributed by atoms with Crippen molar-refractivity contribution in [3.63, 3.8) is 0 Å². The van der Waals surface area contributed by atoms with Gasteiger partial charge in [0.1, 0.15) is 0 Å². The van der Waals surface area contributed by atoms with Gasteiger partial charge in [0.25, 0.3) is 15.9 Å². The van der Waals surface area contributed by atoms with Crippen molar-refractivity contribution < 1.29 is 13.2 Å². The molecule has 116 valence electrons. The van der Waals surface area contributed by atoms with Crippen LogP contribution in [0.5, 0.6) is 0 Å². The second-order valence-corrected chi connectivity index (χ2v) is 7.03. The van der Waals surface area contributed by atoms with Crippen LogP contribution in [0.2, 0.25) is 5.02 Å². The normalized spacial score (nSPS) is 11.3. The molecule has 0 fully saturated rings. The Kier molecular flexibility index (Phi) is 4.07. The highest BCUT2D eigenvalue weighted by atomic mass is 35.5. The number of nitrogens with one attached hydrogen (secondary N) is 1. The van der Waals surface area contributed by atoms with Crippen molar-refractivity contribution in [1.82, 2.24) is 4.72 Å². The summed E-state index contributed by atoms with van der Waals surface area (Å²) in [5, 5.41) is 1.98. The predicted molar refractivity (Wildman–Crippen MR) is 90.1 cm³/mol. The number of fused-ring (bicyclic) bond motifs is 1. The molecule has 0 atom stereocenters. The number of rotatable bonds is 3. The van der Waals surface area contributed by atoms with Gasteiger partial charge in [-0.3, -0.25) is 4.79 Å². The summed E-state index contributed by atoms with van der Waals surface area (Å²) >= 11 is 5.75. The van der Waals surface area contributed by atoms with E-state index in [4.69, 9.17) is 11.6 Å². The van der Waals surface area contributed by atoms with E-state index in [-0.39, 0.29) is 4.90 Å². The Labute approximate surface area is 138 Å². The molecule has 1 N–H and O–H groups in total. The fourth-order valence-corrected chi connectivity index (χ4v) is 3.37. The Morgan fingerprint density at radius 3 is 2.26 bits per heavy atom. The SMILES string of the molecule is O=C(NS(=O)(=O)c1ccc(Cl)cc1)c1cccc2ccccc12. The fourth-order valence-electron chi connectivity index (χ4n) is 2.27. The Hall–Kier alpha value is -2.37. The Balaban J connectivity index is 1.96. The summed E-state index contributed by atoms with van der Waals surface area (Å²) in [7, 11) is -3.95. The van der Waals surface area contributed by atoms with E-state index >= 15 is 0 Å². The van der Waals surface area contributed by atoms with Crippen molar-refractivity contribution in [2.45, 2.75) is 4.90 Å². The summed E-state index contributed by atoms with van der Waals surface area (Å²) in [5.41, 5.74) is 0.306. The van der Waals surface area contributed by atoms with Crippen LogP contribution in [0.1, 0.15) is 10.4 Å². The van der Waals surface area contributed by atoms with Crippen LogP contribution in [0, 0.1) is 0 Å². The number of benzene rings is 3. The van der Waals surface area contributed by atoms with Crippen LogP contribution in [0.25, 0.3) is 10.8 Å². The van der Waals surface area contributed by atoms with E-state index in [0.29, 0.717) is 16.0 Å². The maximum absolute atomic E-state index is 12.4. The zero-order chi connectivity index (χ0) is 16.4. The Bertz CT molecular complexity index is 977. The lowest BCUT2D eigenvalue weighted by Crippen LogP contribution is -2.30. The molecular weight excluding hydrogens is 334 g/mol. The van der Waals surface area contributed by atoms with Crippen LogP contribution in [0.15, 0.2) is 71.6 Å². The van der Waals surface area contributed by atoms with Gasteiger partial charge in [-0.05, 0) is 41.1 Å². The minimum absolute atomic E-state index is 0.0181. The minimum Gasteiger partial charge on any atom is -0.268 e. The van der Waals surface area contributed by atoms with E-state index in [1.165, 1.54) is 24.3 Å². The molecular formula is C17H12ClNO3S. The molecule has 23 heavy (non-hydrogen) atoms. The summed E-state index contributed by atoms with van der Waals surface area (Å²) in [4.78, 5) is 12.4. The van der Waals surface area contributed by atoms with Crippen LogP contribution in [0.4, 0.5) is 0 Å². The number of hydrogen-bond acceptors (Lipinski definition) is 3. The maximum Gasteiger partial charge on any atom is 0.265 e. The topological polar surface area (TPSA) is 63.2 Å². The molecule has 0 heterocycles. The van der Waals surface area contributed by atoms with Crippen molar-refractivity contribution in [2.75, 3.05) is 0 Å². The van der Waals surface area contributed by atoms with Gasteiger partial charge in [-0.2, -0.15) is 0 Å². The van der Waals surface area contributed by atoms with Crippen LogP contribution < -0.4 is 4.72 Å². The molecule has 0 aliphatic rings. The molecule has 3 rings (SSSR count). The molecule has 1 amide bonds. The van der Waals surface area contributed by atoms with Gasteiger partial charge in [0.05, 0.1) is 4.90 Å². The lowest BCUT2D eigenvalue weighted by molar-refractivity contribution is 0.0983. The molecule has 0 unspecified atom stereocenters. The standard InChI is InChI=1S/C17H12ClNO3S/c18-13-8-10-14(11-9-13)23(21,22)19-17(20)16-7-3-5-12-4-1-2-6-15(12)16/h1-11H,(H,19,20). The first kappa shape index (κ1) is 15.5. The molecule has 0 radical (unpaired) electrons. The molecule has 0 aliphatic carbocycles. The van der Waals surface area contributed by atoms with E-state index < -0.39 is 15.9 Å². The number of halogens is 1. The first-order valence-corrected chi connectivity index (χ1v) is 8.64. The molecule has 6 heteroatoms. The summed E-state index contributed by atoms with van der Waals surface area (Å²) in [6, 6.07) is 18.1. The monoisotopic (exact) mass is 345 g/mol. The van der Waals surface area contributed by atoms with E-state index in [0.717, 1.165) is 5.39 Å². The minimum atomic E-state index is -3.95. The summed E-state index contributed by atoms with van der Waals surface area (Å²) < 4.78 is 26.7. The van der Waals surface area contributed by atoms with Crippen molar-refractivity contribution in [1.29, 1.82) is 0 Å². The highest BCUT2D eigenvalue weighted by Crippen LogP contribution is 2.19. The third-order valence-corrected chi connectivity index (χ3v) is 4.98. The summed E-state index contributed by atoms with van der Waals surface area (Å²) in [6.07, 6.45) is 0. The molecule has 3 aromatic rings. The van der Waals surface area contributed by atoms with E-state index in [2.05, 4.69) is 4.72 Å². The van der Waals surface area contributed by atoms with Crippen molar-refractivity contribution in [3.05, 3.63) is 77.3 Å². The molecule has 0 aliphatic heterocycles. The third-order valence-electron chi connectivity index (χ3n) is 3.39. The van der Waals surface area contributed by atoms with E-state index in [9.17, 15) is 13.2 Å². The highest BCUT2D eigenvalue weighted by molar-refractivity contribution is 7.90. The Morgan fingerprint density at radius 1 is 0.870 bits per heavy atom. The lowest BCUT2D eigenvalue weighted by atomic mass is 10.0. The maximum atomic E-state index is 12.4. The largest absolute Gasteiger partial charge is 0.268 e. The summed E-state index contributed by atoms with van der Waals surface area (Å²) in [5.74, 6) is -0.670. The van der Waals surface area contributed by atoms with Crippen LogP contribution in [-0.4, -0.2) is 14.3 Å². The first-order chi connectivity index (χ1) is 11.0. The van der Waals surface area contributed by atoms with Crippen LogP contribution in [0.3, 0.4) is 0 Å². The highest BCUT2D eigenvalue weighted by Gasteiger charge is 2.19. The Morgan fingerprint density at radius 2 is 1.52 bits per heavy atom. The van der Waals surface area contributed by atoms with Crippen molar-refractivity contribution in [3.8, 4) is 0 Å². The molecule has 3 aromatic carbocycles. The number of carbonyl (C=O) groups excluding carboxylic acids is 1. The van der Waals surface area contributed by atoms with Crippen LogP contribution >= 0.6 is 11.6 Å². The molecule has 0 saturated carbocycles. The molecule has 0 aromatic heterocycles. The second-order valence-electron chi connectivity index (χ2n) is 4.92. The molecule has 0 saturated heterocycles. The quantitative estimate of drug-likeness (QED) is 0.788. The smallest absolute Gasteiger partial charge is 0.265 e. The van der Waals surface area contributed by atoms with Gasteiger partial charge in [0.15, 0.2) is 0 Å². The van der Waals surface area contributed by atoms with Gasteiger partial charge in [0.2, 0.25) is 0 Å². The second kappa shape index (κ2) is 6.02. The molecule has 0 spiro atoms. The van der Waals surface area contributed by atoms with Gasteiger partial charge in [0, 0.05) is 10.6 Å². The zero-order valence-corrected chi connectivity index (χ0v) is 13.4. The number of amides is 1. The van der Waals surface area contributed by atoms with Gasteiger partial charge in [-0.15, -0.1) is 0 Å². The average molecular weight is 346 g/mol. The third kappa shape index (κ3) is 3.21. The van der Waals surface area contributed by atoms with Gasteiger partial charge in [-0.25, -0.2) is 13.1 Å². The number of carbonyl (C=O) groups is 1. The predicted octanol–water partition coefficient (Wildman–Crippen LogP) is 3.61. The van der Waals surface area contributed by atoms with Crippen molar-refractivity contribution in [2.24, 2.45) is 0 Å².